The van der Waals surface area contributed by atoms with E-state index in [0.717, 1.165) is 31.9 Å². The Morgan fingerprint density at radius 2 is 0.812 bits per heavy atom. The summed E-state index contributed by atoms with van der Waals surface area (Å²) in [6, 6.07) is 44.3. The summed E-state index contributed by atoms with van der Waals surface area (Å²) in [7, 11) is -5.21. The molecule has 2 atom stereocenters. The van der Waals surface area contributed by atoms with Crippen LogP contribution >= 0.6 is 0 Å². The molecule has 4 aromatic carbocycles. The molecular formula is C41H54N3O2Si2+. The molecule has 0 amide bonds. The summed E-state index contributed by atoms with van der Waals surface area (Å²) >= 11 is 0. The molecule has 0 fully saturated rings. The van der Waals surface area contributed by atoms with Crippen molar-refractivity contribution in [1.82, 2.24) is 10.6 Å². The van der Waals surface area contributed by atoms with E-state index < -0.39 is 16.6 Å². The van der Waals surface area contributed by atoms with E-state index in [-0.39, 0.29) is 22.2 Å². The second-order valence-corrected chi connectivity index (χ2v) is 24.2. The van der Waals surface area contributed by atoms with Crippen molar-refractivity contribution in [2.75, 3.05) is 26.3 Å². The van der Waals surface area contributed by atoms with Crippen LogP contribution in [0.1, 0.15) is 54.4 Å². The molecule has 0 spiro atoms. The molecule has 48 heavy (non-hydrogen) atoms. The van der Waals surface area contributed by atoms with E-state index in [2.05, 4.69) is 178 Å². The maximum atomic E-state index is 7.34. The average molecular weight is 677 g/mol. The second-order valence-electron chi connectivity index (χ2n) is 15.5. The largest absolute Gasteiger partial charge is 0.404 e. The topological polar surface area (TPSA) is 45.5 Å². The summed E-state index contributed by atoms with van der Waals surface area (Å²) in [6.45, 7) is 17.5. The summed E-state index contributed by atoms with van der Waals surface area (Å²) < 4.78 is 17.1. The molecule has 2 unspecified atom stereocenters. The van der Waals surface area contributed by atoms with Crippen LogP contribution in [0.15, 0.2) is 121 Å². The lowest BCUT2D eigenvalue weighted by molar-refractivity contribution is -0.542. The molecule has 6 rings (SSSR count). The Kier molecular flexibility index (Phi) is 10.1. The van der Waals surface area contributed by atoms with Crippen LogP contribution in [0.25, 0.3) is 0 Å². The maximum absolute atomic E-state index is 7.34. The first-order chi connectivity index (χ1) is 23.0. The Morgan fingerprint density at radius 3 is 1.08 bits per heavy atom. The molecule has 0 radical (unpaired) electrons. The van der Waals surface area contributed by atoms with Gasteiger partial charge in [0.05, 0.1) is 38.4 Å². The third-order valence-electron chi connectivity index (χ3n) is 10.3. The van der Waals surface area contributed by atoms with E-state index >= 15 is 0 Å². The lowest BCUT2D eigenvalue weighted by atomic mass is 10.1. The predicted octanol–water partition coefficient (Wildman–Crippen LogP) is 5.23. The van der Waals surface area contributed by atoms with Gasteiger partial charge < -0.3 is 8.85 Å². The van der Waals surface area contributed by atoms with Crippen molar-refractivity contribution in [2.24, 2.45) is 0 Å². The molecule has 252 valence electrons. The Labute approximate surface area is 290 Å². The van der Waals surface area contributed by atoms with Gasteiger partial charge in [0, 0.05) is 12.8 Å². The fourth-order valence-corrected chi connectivity index (χ4v) is 17.2. The average Bonchev–Trinajstić information content (AvgIpc) is 3.09. The fourth-order valence-electron chi connectivity index (χ4n) is 7.94. The molecular weight excluding hydrogens is 623 g/mol. The number of hydrogen-bond acceptors (Lipinski definition) is 4. The first kappa shape index (κ1) is 34.4. The molecule has 0 bridgehead atoms. The third kappa shape index (κ3) is 6.70. The standard InChI is InChI=1S/C41H53N3O2Si2/c1-40(2,3)47(35-19-11-7-12-20-35,36-21-13-8-14-22-36)45-31-33-27-29-44-30-28-34(43-39(44)42-33)32-46-48(41(4,5)6,37-23-15-9-16-24-37)38-25-17-10-18-26-38/h7-26,33-34H,27-32H2,1-6H3,(H,42,43)/p+1. The van der Waals surface area contributed by atoms with Crippen LogP contribution < -0.4 is 31.4 Å². The monoisotopic (exact) mass is 676 g/mol. The van der Waals surface area contributed by atoms with E-state index in [4.69, 9.17) is 8.85 Å². The number of hydrogen-bond donors (Lipinski definition) is 2. The molecule has 0 saturated heterocycles. The molecule has 5 nitrogen and oxygen atoms in total. The van der Waals surface area contributed by atoms with Gasteiger partial charge >= 0.3 is 5.96 Å². The Hall–Kier alpha value is -3.50. The zero-order chi connectivity index (χ0) is 33.8. The van der Waals surface area contributed by atoms with Gasteiger partial charge in [-0.3, -0.25) is 15.2 Å². The van der Waals surface area contributed by atoms with Gasteiger partial charge in [-0.1, -0.05) is 163 Å². The maximum Gasteiger partial charge on any atom is 0.346 e. The van der Waals surface area contributed by atoms with Gasteiger partial charge in [-0.2, -0.15) is 0 Å². The van der Waals surface area contributed by atoms with E-state index in [1.807, 2.05) is 0 Å². The van der Waals surface area contributed by atoms with Crippen molar-refractivity contribution in [3.63, 3.8) is 0 Å². The van der Waals surface area contributed by atoms with Gasteiger partial charge in [0.1, 0.15) is 0 Å². The Balaban J connectivity index is 1.20. The summed E-state index contributed by atoms with van der Waals surface area (Å²) in [5, 5.41) is 13.0. The minimum absolute atomic E-state index is 0.0456. The number of rotatable bonds is 10. The third-order valence-corrected chi connectivity index (χ3v) is 20.3. The van der Waals surface area contributed by atoms with Crippen molar-refractivity contribution in [2.45, 2.75) is 76.5 Å². The van der Waals surface area contributed by atoms with Crippen LogP contribution in [0.4, 0.5) is 0 Å². The van der Waals surface area contributed by atoms with Crippen molar-refractivity contribution < 1.29 is 13.4 Å². The molecule has 0 aliphatic carbocycles. The first-order valence-corrected chi connectivity index (χ1v) is 21.5. The normalized spacial score (nSPS) is 18.9. The Morgan fingerprint density at radius 1 is 0.521 bits per heavy atom. The summed E-state index contributed by atoms with van der Waals surface area (Å²) in [5.41, 5.74) is 0. The van der Waals surface area contributed by atoms with Crippen molar-refractivity contribution in [3.8, 4) is 0 Å². The Bertz CT molecular complexity index is 1450. The lowest BCUT2D eigenvalue weighted by Gasteiger charge is -2.44. The number of guanidine groups is 1. The van der Waals surface area contributed by atoms with Crippen LogP contribution in [-0.2, 0) is 8.85 Å². The highest BCUT2D eigenvalue weighted by Gasteiger charge is 2.52. The molecule has 2 aliphatic heterocycles. The quantitative estimate of drug-likeness (QED) is 0.179. The second kappa shape index (κ2) is 14.2. The van der Waals surface area contributed by atoms with E-state index in [0.29, 0.717) is 13.2 Å². The van der Waals surface area contributed by atoms with Gasteiger partial charge in [-0.25, -0.2) is 0 Å². The highest BCUT2D eigenvalue weighted by atomic mass is 28.4. The van der Waals surface area contributed by atoms with Crippen molar-refractivity contribution >= 4 is 43.3 Å². The molecule has 2 heterocycles. The number of nitrogens with zero attached hydrogens (tertiary/aromatic N) is 1. The lowest BCUT2D eigenvalue weighted by Crippen LogP contribution is -2.69. The summed E-state index contributed by atoms with van der Waals surface area (Å²) in [6.07, 6.45) is 2.10. The fraction of sp³-hybridized carbons (Fsp3) is 0.390. The van der Waals surface area contributed by atoms with Gasteiger partial charge in [0.15, 0.2) is 0 Å². The van der Waals surface area contributed by atoms with Gasteiger partial charge in [-0.05, 0) is 30.8 Å². The molecule has 0 saturated carbocycles. The zero-order valence-electron chi connectivity index (χ0n) is 29.7. The minimum atomic E-state index is -2.61. The van der Waals surface area contributed by atoms with Crippen LogP contribution in [0.3, 0.4) is 0 Å². The SMILES string of the molecule is CC(C)(C)[Si](OCC1CC[N+]2=C(N1)NC(CO[Si](c1ccccc1)(c1ccccc1)C(C)(C)C)CC2)(c1ccccc1)c1ccccc1. The molecule has 0 aromatic heterocycles. The number of benzene rings is 4. The van der Waals surface area contributed by atoms with Gasteiger partial charge in [0.2, 0.25) is 0 Å². The molecule has 2 N–H and O–H groups in total. The minimum Gasteiger partial charge on any atom is -0.404 e. The molecule has 7 heteroatoms. The van der Waals surface area contributed by atoms with Crippen molar-refractivity contribution in [1.29, 1.82) is 0 Å². The van der Waals surface area contributed by atoms with Crippen LogP contribution in [-0.4, -0.2) is 65.6 Å². The zero-order valence-corrected chi connectivity index (χ0v) is 31.7. The van der Waals surface area contributed by atoms with Crippen molar-refractivity contribution in [3.05, 3.63) is 121 Å². The molecule has 2 aliphatic rings. The van der Waals surface area contributed by atoms with Gasteiger partial charge in [0.25, 0.3) is 16.6 Å². The predicted molar refractivity (Wildman–Crippen MR) is 205 cm³/mol. The van der Waals surface area contributed by atoms with Crippen LogP contribution in [0.5, 0.6) is 0 Å². The van der Waals surface area contributed by atoms with Crippen LogP contribution in [0, 0.1) is 0 Å². The first-order valence-electron chi connectivity index (χ1n) is 17.7. The summed E-state index contributed by atoms with van der Waals surface area (Å²) in [5.74, 6) is 1.12. The van der Waals surface area contributed by atoms with E-state index in [9.17, 15) is 0 Å². The van der Waals surface area contributed by atoms with Crippen LogP contribution in [0.2, 0.25) is 10.1 Å². The molecule has 4 aromatic rings. The summed E-state index contributed by atoms with van der Waals surface area (Å²) in [4.78, 5) is 0. The van der Waals surface area contributed by atoms with E-state index in [1.165, 1.54) is 20.7 Å². The van der Waals surface area contributed by atoms with Gasteiger partial charge in [-0.15, -0.1) is 0 Å². The highest BCUT2D eigenvalue weighted by molar-refractivity contribution is 7.00. The highest BCUT2D eigenvalue weighted by Crippen LogP contribution is 2.38. The number of nitrogens with one attached hydrogen (secondary N) is 2. The smallest absolute Gasteiger partial charge is 0.346 e. The van der Waals surface area contributed by atoms with E-state index in [1.54, 1.807) is 0 Å².